The van der Waals surface area contributed by atoms with E-state index in [4.69, 9.17) is 0 Å². The molecular weight excluding hydrogens is 291 g/mol. The third-order valence-corrected chi connectivity index (χ3v) is 6.34. The van der Waals surface area contributed by atoms with Crippen molar-refractivity contribution in [3.63, 3.8) is 0 Å². The first kappa shape index (κ1) is 14.9. The Bertz CT molecular complexity index is 654. The molecule has 0 aliphatic heterocycles. The van der Waals surface area contributed by atoms with Crippen LogP contribution in [0.25, 0.3) is 0 Å². The maximum Gasteiger partial charge on any atom is 0.0332 e. The summed E-state index contributed by atoms with van der Waals surface area (Å²) >= 11 is 0. The zero-order valence-corrected chi connectivity index (χ0v) is 13.2. The summed E-state index contributed by atoms with van der Waals surface area (Å²) in [5.74, 6) is 0.930. The lowest BCUT2D eigenvalue weighted by Gasteiger charge is -2.31. The molecule has 0 heterocycles. The lowest BCUT2D eigenvalue weighted by atomic mass is 10.2. The van der Waals surface area contributed by atoms with Crippen molar-refractivity contribution >= 4 is 10.4 Å². The maximum absolute atomic E-state index is 16.0. The minimum Gasteiger partial charge on any atom is -0.184 e. The van der Waals surface area contributed by atoms with Crippen LogP contribution in [0.1, 0.15) is 11.1 Å². The lowest BCUT2D eigenvalue weighted by Crippen LogP contribution is -2.03. The number of rotatable bonds is 5. The Balaban J connectivity index is 1.95. The normalized spacial score (nSPS) is 12.0. The number of hydrogen-bond donors (Lipinski definition) is 0. The Morgan fingerprint density at radius 3 is 1.32 bits per heavy atom. The molecule has 0 fully saturated rings. The van der Waals surface area contributed by atoms with Gasteiger partial charge >= 0.3 is 0 Å². The maximum atomic E-state index is 16.0. The van der Waals surface area contributed by atoms with Crippen molar-refractivity contribution in [1.82, 2.24) is 0 Å². The van der Waals surface area contributed by atoms with E-state index in [9.17, 15) is 0 Å². The molecule has 0 bridgehead atoms. The summed E-state index contributed by atoms with van der Waals surface area (Å²) in [7, 11) is -2.42. The van der Waals surface area contributed by atoms with Crippen LogP contribution in [0.15, 0.2) is 95.9 Å². The van der Waals surface area contributed by atoms with Gasteiger partial charge in [0.1, 0.15) is 0 Å². The Morgan fingerprint density at radius 2 is 0.909 bits per heavy atom. The van der Waals surface area contributed by atoms with E-state index in [0.717, 1.165) is 16.0 Å². The molecular formula is C20H19FS. The smallest absolute Gasteiger partial charge is 0.0332 e. The van der Waals surface area contributed by atoms with E-state index in [1.165, 1.54) is 0 Å². The molecule has 0 aromatic heterocycles. The molecule has 22 heavy (non-hydrogen) atoms. The Kier molecular flexibility index (Phi) is 4.59. The second kappa shape index (κ2) is 6.80. The molecule has 0 unspecified atom stereocenters. The van der Waals surface area contributed by atoms with E-state index in [2.05, 4.69) is 0 Å². The molecule has 0 saturated carbocycles. The third kappa shape index (κ3) is 3.58. The molecule has 3 rings (SSSR count). The van der Waals surface area contributed by atoms with Crippen LogP contribution in [-0.2, 0) is 11.5 Å². The standard InChI is InChI=1S/C20H19FS/c21-22(20-14-8-3-9-15-20,16-18-10-4-1-5-11-18)17-19-12-6-2-7-13-19/h1-15H,16-17H2. The van der Waals surface area contributed by atoms with Gasteiger partial charge in [0.25, 0.3) is 0 Å². The molecule has 0 nitrogen and oxygen atoms in total. The van der Waals surface area contributed by atoms with Crippen LogP contribution in [0.2, 0.25) is 0 Å². The van der Waals surface area contributed by atoms with Crippen molar-refractivity contribution in [3.8, 4) is 0 Å². The highest BCUT2D eigenvalue weighted by Gasteiger charge is 2.26. The van der Waals surface area contributed by atoms with E-state index in [-0.39, 0.29) is 0 Å². The molecule has 0 spiro atoms. The fourth-order valence-corrected chi connectivity index (χ4v) is 5.08. The van der Waals surface area contributed by atoms with Crippen LogP contribution in [0.5, 0.6) is 0 Å². The zero-order valence-electron chi connectivity index (χ0n) is 12.4. The summed E-state index contributed by atoms with van der Waals surface area (Å²) in [6, 6.07) is 29.5. The van der Waals surface area contributed by atoms with Gasteiger partial charge in [-0.2, -0.15) is 3.89 Å². The van der Waals surface area contributed by atoms with Gasteiger partial charge in [0.2, 0.25) is 0 Å². The van der Waals surface area contributed by atoms with Gasteiger partial charge in [0, 0.05) is 16.4 Å². The first-order chi connectivity index (χ1) is 10.8. The lowest BCUT2D eigenvalue weighted by molar-refractivity contribution is 0.866. The van der Waals surface area contributed by atoms with Crippen molar-refractivity contribution in [2.75, 3.05) is 0 Å². The second-order valence-corrected chi connectivity index (χ2v) is 7.99. The highest BCUT2D eigenvalue weighted by atomic mass is 32.3. The van der Waals surface area contributed by atoms with Gasteiger partial charge < -0.3 is 0 Å². The average Bonchev–Trinajstić information content (AvgIpc) is 2.57. The quantitative estimate of drug-likeness (QED) is 0.531. The molecule has 2 heteroatoms. The van der Waals surface area contributed by atoms with E-state index < -0.39 is 10.4 Å². The van der Waals surface area contributed by atoms with Crippen molar-refractivity contribution in [3.05, 3.63) is 102 Å². The molecule has 0 radical (unpaired) electrons. The molecule has 0 aliphatic carbocycles. The average molecular weight is 310 g/mol. The van der Waals surface area contributed by atoms with Gasteiger partial charge in [-0.15, -0.1) is 0 Å². The molecule has 0 saturated heterocycles. The minimum absolute atomic E-state index is 0.465. The monoisotopic (exact) mass is 310 g/mol. The van der Waals surface area contributed by atoms with Crippen molar-refractivity contribution in [2.24, 2.45) is 0 Å². The van der Waals surface area contributed by atoms with Gasteiger partial charge in [-0.1, -0.05) is 89.3 Å². The predicted octanol–water partition coefficient (Wildman–Crippen LogP) is 6.14. The largest absolute Gasteiger partial charge is 0.184 e. The van der Waals surface area contributed by atoms with Crippen LogP contribution in [0.4, 0.5) is 3.89 Å². The molecule has 0 N–H and O–H groups in total. The van der Waals surface area contributed by atoms with Crippen molar-refractivity contribution < 1.29 is 3.89 Å². The van der Waals surface area contributed by atoms with Gasteiger partial charge in [-0.05, 0) is 23.3 Å². The molecule has 0 amide bonds. The van der Waals surface area contributed by atoms with E-state index in [1.807, 2.05) is 91.0 Å². The minimum atomic E-state index is -2.42. The zero-order chi connectivity index (χ0) is 15.3. The first-order valence-electron chi connectivity index (χ1n) is 7.37. The molecule has 0 atom stereocenters. The summed E-state index contributed by atoms with van der Waals surface area (Å²) in [5.41, 5.74) is 2.11. The Labute approximate surface area is 133 Å². The van der Waals surface area contributed by atoms with Gasteiger partial charge in [-0.3, -0.25) is 0 Å². The van der Waals surface area contributed by atoms with Gasteiger partial charge in [0.05, 0.1) is 0 Å². The first-order valence-corrected chi connectivity index (χ1v) is 9.25. The van der Waals surface area contributed by atoms with Gasteiger partial charge in [0.15, 0.2) is 0 Å². The van der Waals surface area contributed by atoms with Crippen LogP contribution < -0.4 is 0 Å². The molecule has 0 aliphatic rings. The third-order valence-electron chi connectivity index (χ3n) is 3.64. The highest BCUT2D eigenvalue weighted by molar-refractivity contribution is 8.28. The number of benzene rings is 3. The summed E-state index contributed by atoms with van der Waals surface area (Å²) in [6.07, 6.45) is 0. The molecule has 3 aromatic rings. The Morgan fingerprint density at radius 1 is 0.545 bits per heavy atom. The summed E-state index contributed by atoms with van der Waals surface area (Å²) in [6.45, 7) is 0. The van der Waals surface area contributed by atoms with Crippen molar-refractivity contribution in [1.29, 1.82) is 0 Å². The second-order valence-electron chi connectivity index (χ2n) is 5.36. The summed E-state index contributed by atoms with van der Waals surface area (Å²) < 4.78 is 16.0. The Hall–Kier alpha value is -2.06. The van der Waals surface area contributed by atoms with Crippen LogP contribution in [0, 0.1) is 0 Å². The SMILES string of the molecule is FS(Cc1ccccc1)(Cc1ccccc1)c1ccccc1. The summed E-state index contributed by atoms with van der Waals surface area (Å²) in [4.78, 5) is 0.822. The fraction of sp³-hybridized carbons (Fsp3) is 0.100. The predicted molar refractivity (Wildman–Crippen MR) is 93.7 cm³/mol. The number of hydrogen-bond acceptors (Lipinski definition) is 0. The highest BCUT2D eigenvalue weighted by Crippen LogP contribution is 2.62. The van der Waals surface area contributed by atoms with Gasteiger partial charge in [-0.25, -0.2) is 0 Å². The molecule has 112 valence electrons. The van der Waals surface area contributed by atoms with E-state index in [0.29, 0.717) is 11.5 Å². The van der Waals surface area contributed by atoms with Crippen LogP contribution >= 0.6 is 10.4 Å². The van der Waals surface area contributed by atoms with Crippen molar-refractivity contribution in [2.45, 2.75) is 16.4 Å². The number of halogens is 1. The van der Waals surface area contributed by atoms with Crippen LogP contribution in [0.3, 0.4) is 0 Å². The fourth-order valence-electron chi connectivity index (χ4n) is 2.56. The van der Waals surface area contributed by atoms with Crippen LogP contribution in [-0.4, -0.2) is 0 Å². The topological polar surface area (TPSA) is 0 Å². The molecule has 3 aromatic carbocycles. The van der Waals surface area contributed by atoms with E-state index >= 15 is 3.89 Å². The van der Waals surface area contributed by atoms with E-state index in [1.54, 1.807) is 0 Å². The summed E-state index contributed by atoms with van der Waals surface area (Å²) in [5, 5.41) is 0.